The SMILES string of the molecule is Cc1c(C(=O)OCC(=O)Nc2cccc(Cl)c2)nnn1-c1ccccc1. The van der Waals surface area contributed by atoms with Crippen molar-refractivity contribution in [3.63, 3.8) is 0 Å². The first-order chi connectivity index (χ1) is 12.5. The van der Waals surface area contributed by atoms with E-state index in [0.29, 0.717) is 16.4 Å². The minimum absolute atomic E-state index is 0.0596. The number of hydrogen-bond donors (Lipinski definition) is 1. The normalized spacial score (nSPS) is 10.4. The lowest BCUT2D eigenvalue weighted by Crippen LogP contribution is -2.21. The van der Waals surface area contributed by atoms with Crippen molar-refractivity contribution in [2.75, 3.05) is 11.9 Å². The van der Waals surface area contributed by atoms with Crippen molar-refractivity contribution in [2.45, 2.75) is 6.92 Å². The van der Waals surface area contributed by atoms with Crippen LogP contribution in [0, 0.1) is 6.92 Å². The van der Waals surface area contributed by atoms with Crippen LogP contribution in [0.15, 0.2) is 54.6 Å². The van der Waals surface area contributed by atoms with Crippen LogP contribution < -0.4 is 5.32 Å². The second-order valence-corrected chi connectivity index (χ2v) is 5.84. The summed E-state index contributed by atoms with van der Waals surface area (Å²) in [6.45, 7) is 1.26. The van der Waals surface area contributed by atoms with Crippen molar-refractivity contribution in [2.24, 2.45) is 0 Å². The molecule has 0 spiro atoms. The summed E-state index contributed by atoms with van der Waals surface area (Å²) in [6, 6.07) is 15.9. The number of carbonyl (C=O) groups is 2. The molecule has 2 aromatic carbocycles. The molecule has 0 aliphatic rings. The number of benzene rings is 2. The highest BCUT2D eigenvalue weighted by Crippen LogP contribution is 2.15. The maximum Gasteiger partial charge on any atom is 0.361 e. The molecule has 3 rings (SSSR count). The zero-order chi connectivity index (χ0) is 18.5. The number of aromatic nitrogens is 3. The highest BCUT2D eigenvalue weighted by molar-refractivity contribution is 6.30. The van der Waals surface area contributed by atoms with Crippen LogP contribution in [0.3, 0.4) is 0 Å². The summed E-state index contributed by atoms with van der Waals surface area (Å²) in [4.78, 5) is 24.1. The Morgan fingerprint density at radius 3 is 2.65 bits per heavy atom. The molecule has 0 fully saturated rings. The van der Waals surface area contributed by atoms with Gasteiger partial charge in [0.2, 0.25) is 0 Å². The molecule has 8 heteroatoms. The van der Waals surface area contributed by atoms with Crippen LogP contribution >= 0.6 is 11.6 Å². The van der Waals surface area contributed by atoms with Crippen molar-refractivity contribution in [1.82, 2.24) is 15.0 Å². The average molecular weight is 371 g/mol. The summed E-state index contributed by atoms with van der Waals surface area (Å²) in [6.07, 6.45) is 0. The lowest BCUT2D eigenvalue weighted by atomic mass is 10.3. The largest absolute Gasteiger partial charge is 0.451 e. The predicted octanol–water partition coefficient (Wildman–Crippen LogP) is 3.02. The van der Waals surface area contributed by atoms with Crippen LogP contribution in [-0.2, 0) is 9.53 Å². The van der Waals surface area contributed by atoms with Crippen molar-refractivity contribution < 1.29 is 14.3 Å². The van der Waals surface area contributed by atoms with Gasteiger partial charge in [0, 0.05) is 10.7 Å². The number of halogens is 1. The molecule has 3 aromatic rings. The highest BCUT2D eigenvalue weighted by atomic mass is 35.5. The van der Waals surface area contributed by atoms with Crippen LogP contribution in [0.25, 0.3) is 5.69 Å². The van der Waals surface area contributed by atoms with E-state index in [1.165, 1.54) is 4.68 Å². The molecule has 1 aromatic heterocycles. The maximum absolute atomic E-state index is 12.2. The second-order valence-electron chi connectivity index (χ2n) is 5.41. The van der Waals surface area contributed by atoms with Gasteiger partial charge in [0.25, 0.3) is 5.91 Å². The Kier molecular flexibility index (Phi) is 5.28. The number of carbonyl (C=O) groups excluding carboxylic acids is 2. The third-order valence-corrected chi connectivity index (χ3v) is 3.77. The first kappa shape index (κ1) is 17.6. The molecule has 0 radical (unpaired) electrons. The van der Waals surface area contributed by atoms with Gasteiger partial charge < -0.3 is 10.1 Å². The van der Waals surface area contributed by atoms with Gasteiger partial charge in [-0.15, -0.1) is 5.10 Å². The quantitative estimate of drug-likeness (QED) is 0.698. The number of para-hydroxylation sites is 1. The third-order valence-electron chi connectivity index (χ3n) is 3.53. The molecule has 0 unspecified atom stereocenters. The van der Waals surface area contributed by atoms with E-state index in [9.17, 15) is 9.59 Å². The lowest BCUT2D eigenvalue weighted by molar-refractivity contribution is -0.119. The second kappa shape index (κ2) is 7.79. The van der Waals surface area contributed by atoms with E-state index in [1.807, 2.05) is 30.3 Å². The predicted molar refractivity (Wildman–Crippen MR) is 96.5 cm³/mol. The Hall–Kier alpha value is -3.19. The zero-order valence-electron chi connectivity index (χ0n) is 13.8. The summed E-state index contributed by atoms with van der Waals surface area (Å²) in [5, 5.41) is 10.9. The number of hydrogen-bond acceptors (Lipinski definition) is 5. The Morgan fingerprint density at radius 1 is 1.15 bits per heavy atom. The molecule has 132 valence electrons. The van der Waals surface area contributed by atoms with E-state index in [-0.39, 0.29) is 5.69 Å². The van der Waals surface area contributed by atoms with Crippen molar-refractivity contribution in [1.29, 1.82) is 0 Å². The van der Waals surface area contributed by atoms with E-state index in [2.05, 4.69) is 15.6 Å². The van der Waals surface area contributed by atoms with Gasteiger partial charge in [0.15, 0.2) is 12.3 Å². The average Bonchev–Trinajstić information content (AvgIpc) is 3.02. The first-order valence-corrected chi connectivity index (χ1v) is 8.12. The van der Waals surface area contributed by atoms with Gasteiger partial charge in [0.05, 0.1) is 11.4 Å². The topological polar surface area (TPSA) is 86.1 Å². The van der Waals surface area contributed by atoms with Crippen LogP contribution in [0.2, 0.25) is 5.02 Å². The Labute approximate surface area is 154 Å². The molecular weight excluding hydrogens is 356 g/mol. The number of nitrogens with one attached hydrogen (secondary N) is 1. The van der Waals surface area contributed by atoms with E-state index < -0.39 is 18.5 Å². The molecule has 0 aliphatic carbocycles. The molecule has 0 saturated carbocycles. The fourth-order valence-electron chi connectivity index (χ4n) is 2.29. The van der Waals surface area contributed by atoms with Gasteiger partial charge in [-0.2, -0.15) is 0 Å². The molecule has 0 saturated heterocycles. The first-order valence-electron chi connectivity index (χ1n) is 7.75. The number of amides is 1. The molecule has 1 N–H and O–H groups in total. The Morgan fingerprint density at radius 2 is 1.92 bits per heavy atom. The smallest absolute Gasteiger partial charge is 0.361 e. The van der Waals surface area contributed by atoms with Gasteiger partial charge in [-0.05, 0) is 37.3 Å². The summed E-state index contributed by atoms with van der Waals surface area (Å²) < 4.78 is 6.55. The Bertz CT molecular complexity index is 941. The van der Waals surface area contributed by atoms with Gasteiger partial charge >= 0.3 is 5.97 Å². The maximum atomic E-state index is 12.2. The summed E-state index contributed by atoms with van der Waals surface area (Å²) in [5.41, 5.74) is 1.88. The monoisotopic (exact) mass is 370 g/mol. The number of ether oxygens (including phenoxy) is 1. The molecule has 0 bridgehead atoms. The van der Waals surface area contributed by atoms with E-state index in [1.54, 1.807) is 31.2 Å². The van der Waals surface area contributed by atoms with Crippen LogP contribution in [0.5, 0.6) is 0 Å². The van der Waals surface area contributed by atoms with Crippen LogP contribution in [0.1, 0.15) is 16.2 Å². The molecule has 7 nitrogen and oxygen atoms in total. The number of rotatable bonds is 5. The molecular formula is C18H15ClN4O3. The Balaban J connectivity index is 1.62. The standard InChI is InChI=1S/C18H15ClN4O3/c1-12-17(21-22-23(12)15-8-3-2-4-9-15)18(25)26-11-16(24)20-14-7-5-6-13(19)10-14/h2-10H,11H2,1H3,(H,20,24). The van der Waals surface area contributed by atoms with Gasteiger partial charge in [-0.3, -0.25) is 4.79 Å². The van der Waals surface area contributed by atoms with Crippen molar-refractivity contribution in [3.05, 3.63) is 71.0 Å². The number of nitrogens with zero attached hydrogens (tertiary/aromatic N) is 3. The summed E-state index contributed by atoms with van der Waals surface area (Å²) in [7, 11) is 0. The molecule has 0 aliphatic heterocycles. The molecule has 0 atom stereocenters. The minimum atomic E-state index is -0.717. The lowest BCUT2D eigenvalue weighted by Gasteiger charge is -2.06. The van der Waals surface area contributed by atoms with Crippen molar-refractivity contribution in [3.8, 4) is 5.69 Å². The van der Waals surface area contributed by atoms with Crippen molar-refractivity contribution >= 4 is 29.2 Å². The van der Waals surface area contributed by atoms with E-state index in [4.69, 9.17) is 16.3 Å². The third kappa shape index (κ3) is 4.07. The molecule has 1 amide bonds. The van der Waals surface area contributed by atoms with Gasteiger partial charge in [0.1, 0.15) is 0 Å². The fourth-order valence-corrected chi connectivity index (χ4v) is 2.49. The molecule has 26 heavy (non-hydrogen) atoms. The fraction of sp³-hybridized carbons (Fsp3) is 0.111. The number of esters is 1. The van der Waals surface area contributed by atoms with Crippen LogP contribution in [-0.4, -0.2) is 33.5 Å². The van der Waals surface area contributed by atoms with Crippen LogP contribution in [0.4, 0.5) is 5.69 Å². The summed E-state index contributed by atoms with van der Waals surface area (Å²) >= 11 is 5.85. The summed E-state index contributed by atoms with van der Waals surface area (Å²) in [5.74, 6) is -1.19. The van der Waals surface area contributed by atoms with E-state index >= 15 is 0 Å². The zero-order valence-corrected chi connectivity index (χ0v) is 14.6. The number of anilines is 1. The molecule has 1 heterocycles. The highest BCUT2D eigenvalue weighted by Gasteiger charge is 2.19. The minimum Gasteiger partial charge on any atom is -0.451 e. The van der Waals surface area contributed by atoms with E-state index in [0.717, 1.165) is 5.69 Å². The van der Waals surface area contributed by atoms with Gasteiger partial charge in [-0.1, -0.05) is 41.1 Å². The van der Waals surface area contributed by atoms with Gasteiger partial charge in [-0.25, -0.2) is 9.48 Å².